The van der Waals surface area contributed by atoms with Gasteiger partial charge in [-0.3, -0.25) is 0 Å². The van der Waals surface area contributed by atoms with Crippen LogP contribution >= 0.6 is 0 Å². The Hall–Kier alpha value is -2.81. The molecule has 3 nitrogen and oxygen atoms in total. The van der Waals surface area contributed by atoms with E-state index in [-0.39, 0.29) is 0 Å². The summed E-state index contributed by atoms with van der Waals surface area (Å²) in [6.07, 6.45) is 2.12. The largest absolute Gasteiger partial charge is 0.493 e. The second kappa shape index (κ2) is 5.13. The number of fused-ring (bicyclic) bond motifs is 4. The van der Waals surface area contributed by atoms with E-state index in [2.05, 4.69) is 60.0 Å². The Morgan fingerprint density at radius 1 is 0.783 bits per heavy atom. The predicted molar refractivity (Wildman–Crippen MR) is 92.5 cm³/mol. The number of ether oxygens (including phenoxy) is 2. The number of pyridine rings is 2. The van der Waals surface area contributed by atoms with Gasteiger partial charge in [-0.2, -0.15) is 4.40 Å². The minimum absolute atomic E-state index is 0.749. The molecule has 0 bridgehead atoms. The third-order valence-electron chi connectivity index (χ3n) is 4.50. The smallest absolute Gasteiger partial charge is 0.219 e. The average Bonchev–Trinajstić information content (AvgIpc) is 2.60. The van der Waals surface area contributed by atoms with Crippen molar-refractivity contribution in [1.82, 2.24) is 0 Å². The van der Waals surface area contributed by atoms with E-state index in [1.165, 1.54) is 22.0 Å². The summed E-state index contributed by atoms with van der Waals surface area (Å²) in [4.78, 5) is 0. The zero-order valence-corrected chi connectivity index (χ0v) is 13.5. The summed E-state index contributed by atoms with van der Waals surface area (Å²) in [5.41, 5.74) is 2.40. The molecule has 2 aromatic carbocycles. The molecule has 4 rings (SSSR count). The molecule has 0 saturated carbocycles. The van der Waals surface area contributed by atoms with Crippen LogP contribution in [0.2, 0.25) is 0 Å². The van der Waals surface area contributed by atoms with Gasteiger partial charge in [-0.15, -0.1) is 0 Å². The fourth-order valence-electron chi connectivity index (χ4n) is 3.29. The van der Waals surface area contributed by atoms with Crippen molar-refractivity contribution in [1.29, 1.82) is 0 Å². The van der Waals surface area contributed by atoms with Gasteiger partial charge in [-0.05, 0) is 29.0 Å². The highest BCUT2D eigenvalue weighted by Crippen LogP contribution is 2.33. The van der Waals surface area contributed by atoms with Crippen LogP contribution in [0.15, 0.2) is 54.7 Å². The van der Waals surface area contributed by atoms with E-state index in [1.54, 1.807) is 14.2 Å². The van der Waals surface area contributed by atoms with Crippen LogP contribution in [0.25, 0.3) is 27.1 Å². The van der Waals surface area contributed by atoms with E-state index in [9.17, 15) is 0 Å². The molecule has 114 valence electrons. The molecule has 0 unspecified atom stereocenters. The number of hydrogen-bond donors (Lipinski definition) is 0. The molecular formula is C20H18NO2+. The third kappa shape index (κ3) is 2.00. The van der Waals surface area contributed by atoms with E-state index in [0.717, 1.165) is 22.3 Å². The maximum Gasteiger partial charge on any atom is 0.219 e. The van der Waals surface area contributed by atoms with Gasteiger partial charge in [0.25, 0.3) is 0 Å². The van der Waals surface area contributed by atoms with Gasteiger partial charge in [0, 0.05) is 24.4 Å². The van der Waals surface area contributed by atoms with E-state index in [0.29, 0.717) is 0 Å². The standard InChI is InChI=1S/C20H18NO2/c1-13-16-7-5-4-6-14(16)10-18-17-12-20(23-3)19(22-2)11-15(17)8-9-21(13)18/h4-12H,1-3H3/q+1. The first-order valence-electron chi connectivity index (χ1n) is 7.61. The molecule has 0 aliphatic rings. The van der Waals surface area contributed by atoms with E-state index in [1.807, 2.05) is 6.07 Å². The zero-order chi connectivity index (χ0) is 16.0. The Kier molecular flexibility index (Phi) is 3.08. The fourth-order valence-corrected chi connectivity index (χ4v) is 3.29. The second-order valence-corrected chi connectivity index (χ2v) is 5.68. The lowest BCUT2D eigenvalue weighted by Gasteiger charge is -2.10. The molecule has 0 N–H and O–H groups in total. The molecule has 4 aromatic rings. The molecule has 0 amide bonds. The minimum Gasteiger partial charge on any atom is -0.493 e. The second-order valence-electron chi connectivity index (χ2n) is 5.68. The minimum atomic E-state index is 0.749. The zero-order valence-electron chi connectivity index (χ0n) is 13.5. The summed E-state index contributed by atoms with van der Waals surface area (Å²) < 4.78 is 13.1. The Labute approximate surface area is 134 Å². The number of methoxy groups -OCH3 is 2. The van der Waals surface area contributed by atoms with Crippen molar-refractivity contribution < 1.29 is 13.9 Å². The molecule has 0 radical (unpaired) electrons. The maximum atomic E-state index is 5.48. The van der Waals surface area contributed by atoms with E-state index in [4.69, 9.17) is 9.47 Å². The van der Waals surface area contributed by atoms with Gasteiger partial charge in [0.1, 0.15) is 0 Å². The Bertz CT molecular complexity index is 1050. The highest BCUT2D eigenvalue weighted by Gasteiger charge is 2.16. The van der Waals surface area contributed by atoms with Crippen LogP contribution in [0.1, 0.15) is 5.69 Å². The first-order chi connectivity index (χ1) is 11.2. The molecule has 0 aliphatic carbocycles. The van der Waals surface area contributed by atoms with Gasteiger partial charge in [-0.25, -0.2) is 0 Å². The molecule has 0 saturated heterocycles. The number of rotatable bonds is 2. The van der Waals surface area contributed by atoms with Crippen LogP contribution in [-0.4, -0.2) is 14.2 Å². The molecule has 23 heavy (non-hydrogen) atoms. The van der Waals surface area contributed by atoms with Gasteiger partial charge >= 0.3 is 0 Å². The lowest BCUT2D eigenvalue weighted by atomic mass is 10.0. The molecule has 0 aliphatic heterocycles. The molecule has 3 heteroatoms. The third-order valence-corrected chi connectivity index (χ3v) is 4.50. The lowest BCUT2D eigenvalue weighted by Crippen LogP contribution is -2.25. The predicted octanol–water partition coefficient (Wildman–Crippen LogP) is 4.06. The number of aromatic nitrogens is 1. The van der Waals surface area contributed by atoms with Crippen molar-refractivity contribution in [3.8, 4) is 11.5 Å². The van der Waals surface area contributed by atoms with Crippen molar-refractivity contribution >= 4 is 27.1 Å². The van der Waals surface area contributed by atoms with Crippen molar-refractivity contribution in [3.63, 3.8) is 0 Å². The number of benzene rings is 2. The van der Waals surface area contributed by atoms with Gasteiger partial charge in [-0.1, -0.05) is 18.2 Å². The topological polar surface area (TPSA) is 22.6 Å². The highest BCUT2D eigenvalue weighted by atomic mass is 16.5. The van der Waals surface area contributed by atoms with Gasteiger partial charge in [0.05, 0.1) is 19.6 Å². The first kappa shape index (κ1) is 13.8. The summed E-state index contributed by atoms with van der Waals surface area (Å²) in [6, 6.07) is 16.9. The van der Waals surface area contributed by atoms with Crippen LogP contribution in [-0.2, 0) is 0 Å². The van der Waals surface area contributed by atoms with Gasteiger partial charge in [0.2, 0.25) is 5.52 Å². The molecule has 0 spiro atoms. The van der Waals surface area contributed by atoms with Crippen LogP contribution in [0.5, 0.6) is 11.5 Å². The molecule has 2 heterocycles. The van der Waals surface area contributed by atoms with Crippen LogP contribution in [0.4, 0.5) is 0 Å². The molecule has 0 fully saturated rings. The quantitative estimate of drug-likeness (QED) is 0.317. The van der Waals surface area contributed by atoms with E-state index < -0.39 is 0 Å². The number of nitrogens with zero attached hydrogens (tertiary/aromatic N) is 1. The summed E-state index contributed by atoms with van der Waals surface area (Å²) in [7, 11) is 3.33. The Morgan fingerprint density at radius 3 is 2.26 bits per heavy atom. The normalized spacial score (nSPS) is 11.3. The van der Waals surface area contributed by atoms with Crippen LogP contribution in [0, 0.1) is 6.92 Å². The highest BCUT2D eigenvalue weighted by molar-refractivity contribution is 5.99. The average molecular weight is 304 g/mol. The Morgan fingerprint density at radius 2 is 1.48 bits per heavy atom. The summed E-state index contributed by atoms with van der Waals surface area (Å²) in [6.45, 7) is 2.15. The SMILES string of the molecule is COc1cc2cc[n+]3c(C)c4ccccc4cc3c2cc1OC. The van der Waals surface area contributed by atoms with Gasteiger partial charge < -0.3 is 9.47 Å². The number of aryl methyl sites for hydroxylation is 1. The van der Waals surface area contributed by atoms with Crippen molar-refractivity contribution in [2.45, 2.75) is 6.92 Å². The molecule has 0 atom stereocenters. The summed E-state index contributed by atoms with van der Waals surface area (Å²) >= 11 is 0. The molecular weight excluding hydrogens is 286 g/mol. The summed E-state index contributed by atoms with van der Waals surface area (Å²) in [5.74, 6) is 1.50. The van der Waals surface area contributed by atoms with Crippen molar-refractivity contribution in [2.24, 2.45) is 0 Å². The monoisotopic (exact) mass is 304 g/mol. The van der Waals surface area contributed by atoms with Crippen LogP contribution < -0.4 is 13.9 Å². The fraction of sp³-hybridized carbons (Fsp3) is 0.150. The lowest BCUT2D eigenvalue weighted by molar-refractivity contribution is -0.516. The summed E-state index contributed by atoms with van der Waals surface area (Å²) in [5, 5.41) is 4.80. The van der Waals surface area contributed by atoms with Gasteiger partial charge in [0.15, 0.2) is 23.4 Å². The Balaban J connectivity index is 2.19. The number of hydrogen-bond acceptors (Lipinski definition) is 2. The maximum absolute atomic E-state index is 5.48. The van der Waals surface area contributed by atoms with Crippen LogP contribution in [0.3, 0.4) is 0 Å². The van der Waals surface area contributed by atoms with Crippen molar-refractivity contribution in [3.05, 3.63) is 60.4 Å². The first-order valence-corrected chi connectivity index (χ1v) is 7.61. The van der Waals surface area contributed by atoms with E-state index >= 15 is 0 Å². The molecule has 2 aromatic heterocycles. The van der Waals surface area contributed by atoms with Crippen molar-refractivity contribution in [2.75, 3.05) is 14.2 Å².